The first kappa shape index (κ1) is 9.09. The lowest BCUT2D eigenvalue weighted by Gasteiger charge is -1.99. The fourth-order valence-corrected chi connectivity index (χ4v) is 1.42. The Morgan fingerprint density at radius 2 is 2.21 bits per heavy atom. The van der Waals surface area contributed by atoms with Crippen molar-refractivity contribution in [2.24, 2.45) is 0 Å². The number of aliphatic hydroxyl groups is 1. The molecule has 3 nitrogen and oxygen atoms in total. The zero-order valence-corrected chi connectivity index (χ0v) is 8.15. The van der Waals surface area contributed by atoms with Crippen molar-refractivity contribution in [3.05, 3.63) is 30.0 Å². The molecule has 0 bridgehead atoms. The van der Waals surface area contributed by atoms with E-state index >= 15 is 0 Å². The third-order valence-electron chi connectivity index (χ3n) is 2.16. The van der Waals surface area contributed by atoms with E-state index in [1.54, 1.807) is 14.0 Å². The van der Waals surface area contributed by atoms with E-state index in [-0.39, 0.29) is 0 Å². The van der Waals surface area contributed by atoms with Crippen LogP contribution in [0.1, 0.15) is 18.8 Å². The van der Waals surface area contributed by atoms with Crippen molar-refractivity contribution in [1.29, 1.82) is 0 Å². The second-order valence-corrected chi connectivity index (χ2v) is 3.20. The summed E-state index contributed by atoms with van der Waals surface area (Å²) in [5, 5.41) is 10.3. The highest BCUT2D eigenvalue weighted by atomic mass is 16.5. The van der Waals surface area contributed by atoms with E-state index in [9.17, 15) is 5.11 Å². The lowest BCUT2D eigenvalue weighted by Crippen LogP contribution is -1.85. The molecule has 2 rings (SSSR count). The summed E-state index contributed by atoms with van der Waals surface area (Å²) in [6.07, 6.45) is -0.591. The van der Waals surface area contributed by atoms with Gasteiger partial charge in [0.1, 0.15) is 11.9 Å². The molecule has 0 radical (unpaired) electrons. The topological polar surface area (TPSA) is 42.6 Å². The van der Waals surface area contributed by atoms with Crippen molar-refractivity contribution in [3.8, 4) is 5.75 Å². The molecule has 0 saturated heterocycles. The lowest BCUT2D eigenvalue weighted by molar-refractivity contribution is 0.172. The molecule has 0 saturated carbocycles. The van der Waals surface area contributed by atoms with Crippen molar-refractivity contribution in [2.45, 2.75) is 13.0 Å². The van der Waals surface area contributed by atoms with Crippen LogP contribution >= 0.6 is 0 Å². The number of hydrogen-bond donors (Lipinski definition) is 1. The average molecular weight is 192 g/mol. The highest BCUT2D eigenvalue weighted by molar-refractivity contribution is 5.83. The number of methoxy groups -OCH3 is 1. The number of fused-ring (bicyclic) bond motifs is 1. The van der Waals surface area contributed by atoms with Gasteiger partial charge < -0.3 is 14.3 Å². The van der Waals surface area contributed by atoms with Gasteiger partial charge in [-0.25, -0.2) is 0 Å². The van der Waals surface area contributed by atoms with Crippen molar-refractivity contribution in [1.82, 2.24) is 0 Å². The summed E-state index contributed by atoms with van der Waals surface area (Å²) in [5.74, 6) is 1.25. The van der Waals surface area contributed by atoms with E-state index in [0.717, 1.165) is 5.39 Å². The maximum Gasteiger partial charge on any atom is 0.176 e. The van der Waals surface area contributed by atoms with Gasteiger partial charge in [-0.05, 0) is 19.1 Å². The molecule has 0 fully saturated rings. The summed E-state index contributed by atoms with van der Waals surface area (Å²) in [7, 11) is 1.60. The molecule has 0 aliphatic heterocycles. The molecule has 3 heteroatoms. The van der Waals surface area contributed by atoms with Crippen molar-refractivity contribution >= 4 is 11.0 Å². The van der Waals surface area contributed by atoms with Crippen molar-refractivity contribution < 1.29 is 14.3 Å². The normalized spacial score (nSPS) is 13.1. The molecule has 1 aromatic heterocycles. The summed E-state index contributed by atoms with van der Waals surface area (Å²) in [4.78, 5) is 0. The molecule has 14 heavy (non-hydrogen) atoms. The Labute approximate surface area is 81.9 Å². The van der Waals surface area contributed by atoms with Crippen LogP contribution in [0.3, 0.4) is 0 Å². The van der Waals surface area contributed by atoms with E-state index in [1.165, 1.54) is 0 Å². The van der Waals surface area contributed by atoms with Crippen molar-refractivity contribution in [2.75, 3.05) is 7.11 Å². The molecule has 0 aliphatic carbocycles. The monoisotopic (exact) mass is 192 g/mol. The first-order chi connectivity index (χ1) is 6.72. The average Bonchev–Trinajstić information content (AvgIpc) is 2.60. The Kier molecular flexibility index (Phi) is 2.17. The predicted molar refractivity (Wildman–Crippen MR) is 53.4 cm³/mol. The van der Waals surface area contributed by atoms with Gasteiger partial charge in [-0.1, -0.05) is 12.1 Å². The molecule has 1 heterocycles. The van der Waals surface area contributed by atoms with E-state index < -0.39 is 6.10 Å². The van der Waals surface area contributed by atoms with Crippen LogP contribution in [-0.4, -0.2) is 12.2 Å². The number of ether oxygens (including phenoxy) is 1. The van der Waals surface area contributed by atoms with Crippen LogP contribution in [0.25, 0.3) is 11.0 Å². The largest absolute Gasteiger partial charge is 0.493 e. The maximum atomic E-state index is 9.35. The molecule has 0 amide bonds. The highest BCUT2D eigenvalue weighted by Gasteiger charge is 2.11. The zero-order valence-electron chi connectivity index (χ0n) is 8.15. The summed E-state index contributed by atoms with van der Waals surface area (Å²) < 4.78 is 10.6. The highest BCUT2D eigenvalue weighted by Crippen LogP contribution is 2.30. The number of aliphatic hydroxyl groups excluding tert-OH is 1. The molecular formula is C11H12O3. The van der Waals surface area contributed by atoms with Crippen LogP contribution in [0.5, 0.6) is 5.75 Å². The fraction of sp³-hybridized carbons (Fsp3) is 0.273. The van der Waals surface area contributed by atoms with E-state index in [2.05, 4.69) is 0 Å². The molecule has 2 aromatic rings. The van der Waals surface area contributed by atoms with Gasteiger partial charge in [-0.2, -0.15) is 0 Å². The minimum absolute atomic E-state index is 0.560. The third-order valence-corrected chi connectivity index (χ3v) is 2.16. The van der Waals surface area contributed by atoms with Gasteiger partial charge in [-0.15, -0.1) is 0 Å². The standard InChI is InChI=1S/C11H12O3/c1-7(12)10-6-8-4-3-5-9(13-2)11(8)14-10/h3-7,12H,1-2H3/t7-/m1/s1. The Balaban J connectivity index is 2.64. The predicted octanol–water partition coefficient (Wildman–Crippen LogP) is 2.49. The first-order valence-electron chi connectivity index (χ1n) is 4.47. The van der Waals surface area contributed by atoms with Gasteiger partial charge in [0.2, 0.25) is 0 Å². The van der Waals surface area contributed by atoms with Crippen LogP contribution in [0, 0.1) is 0 Å². The number of para-hydroxylation sites is 1. The molecule has 1 N–H and O–H groups in total. The third kappa shape index (κ3) is 1.36. The van der Waals surface area contributed by atoms with Gasteiger partial charge in [0.15, 0.2) is 11.3 Å². The van der Waals surface area contributed by atoms with Crippen LogP contribution in [0.2, 0.25) is 0 Å². The van der Waals surface area contributed by atoms with Gasteiger partial charge in [-0.3, -0.25) is 0 Å². The second-order valence-electron chi connectivity index (χ2n) is 3.20. The van der Waals surface area contributed by atoms with Crippen molar-refractivity contribution in [3.63, 3.8) is 0 Å². The summed E-state index contributed by atoms with van der Waals surface area (Å²) in [6, 6.07) is 7.47. The zero-order chi connectivity index (χ0) is 10.1. The SMILES string of the molecule is COc1cccc2cc([C@@H](C)O)oc12. The van der Waals surface area contributed by atoms with Gasteiger partial charge in [0.25, 0.3) is 0 Å². The molecule has 0 unspecified atom stereocenters. The van der Waals surface area contributed by atoms with E-state index in [0.29, 0.717) is 17.1 Å². The molecular weight excluding hydrogens is 180 g/mol. The van der Waals surface area contributed by atoms with Crippen LogP contribution < -0.4 is 4.74 Å². The Hall–Kier alpha value is -1.48. The van der Waals surface area contributed by atoms with E-state index in [4.69, 9.17) is 9.15 Å². The Morgan fingerprint density at radius 3 is 2.86 bits per heavy atom. The van der Waals surface area contributed by atoms with Gasteiger partial charge in [0, 0.05) is 5.39 Å². The first-order valence-corrected chi connectivity index (χ1v) is 4.47. The number of hydrogen-bond acceptors (Lipinski definition) is 3. The van der Waals surface area contributed by atoms with Crippen LogP contribution in [0.15, 0.2) is 28.7 Å². The minimum Gasteiger partial charge on any atom is -0.493 e. The summed E-state index contributed by atoms with van der Waals surface area (Å²) in [5.41, 5.74) is 0.686. The second kappa shape index (κ2) is 3.35. The van der Waals surface area contributed by atoms with Gasteiger partial charge >= 0.3 is 0 Å². The summed E-state index contributed by atoms with van der Waals surface area (Å²) >= 11 is 0. The molecule has 1 aromatic carbocycles. The van der Waals surface area contributed by atoms with Crippen LogP contribution in [-0.2, 0) is 0 Å². The Morgan fingerprint density at radius 1 is 1.43 bits per heavy atom. The number of rotatable bonds is 2. The molecule has 0 aliphatic rings. The fourth-order valence-electron chi connectivity index (χ4n) is 1.42. The van der Waals surface area contributed by atoms with Crippen LogP contribution in [0.4, 0.5) is 0 Å². The molecule has 74 valence electrons. The Bertz CT molecular complexity index is 443. The van der Waals surface area contributed by atoms with E-state index in [1.807, 2.05) is 24.3 Å². The minimum atomic E-state index is -0.591. The quantitative estimate of drug-likeness (QED) is 0.794. The lowest BCUT2D eigenvalue weighted by atomic mass is 10.2. The number of benzene rings is 1. The molecule has 0 spiro atoms. The van der Waals surface area contributed by atoms with Gasteiger partial charge in [0.05, 0.1) is 7.11 Å². The summed E-state index contributed by atoms with van der Waals surface area (Å²) in [6.45, 7) is 1.67. The maximum absolute atomic E-state index is 9.35. The molecule has 1 atom stereocenters. The smallest absolute Gasteiger partial charge is 0.176 e. The number of furan rings is 1.